The van der Waals surface area contributed by atoms with Gasteiger partial charge in [0.2, 0.25) is 10.0 Å². The van der Waals surface area contributed by atoms with Gasteiger partial charge in [0, 0.05) is 26.2 Å². The van der Waals surface area contributed by atoms with Crippen molar-refractivity contribution in [2.24, 2.45) is 0 Å². The molecule has 2 aliphatic heterocycles. The minimum Gasteiger partial charge on any atom is -0.482 e. The van der Waals surface area contributed by atoms with Gasteiger partial charge in [-0.2, -0.15) is 4.31 Å². The van der Waals surface area contributed by atoms with E-state index in [9.17, 15) is 18.0 Å². The van der Waals surface area contributed by atoms with Gasteiger partial charge in [0.1, 0.15) is 5.75 Å². The Kier molecular flexibility index (Phi) is 4.89. The molecule has 0 aliphatic carbocycles. The number of hydrogen-bond donors (Lipinski definition) is 1. The predicted octanol–water partition coefficient (Wildman–Crippen LogP) is 1.52. The molecule has 1 N–H and O–H groups in total. The summed E-state index contributed by atoms with van der Waals surface area (Å²) in [4.78, 5) is 25.5. The topological polar surface area (TPSA) is 109 Å². The molecule has 1 aromatic heterocycles. The highest BCUT2D eigenvalue weighted by molar-refractivity contribution is 9.10. The minimum absolute atomic E-state index is 0.0618. The highest BCUT2D eigenvalue weighted by Gasteiger charge is 2.32. The van der Waals surface area contributed by atoms with Crippen molar-refractivity contribution < 1.29 is 27.2 Å². The monoisotopic (exact) mass is 469 g/mol. The Morgan fingerprint density at radius 3 is 2.54 bits per heavy atom. The minimum atomic E-state index is -3.77. The van der Waals surface area contributed by atoms with Gasteiger partial charge in [-0.25, -0.2) is 8.42 Å². The van der Waals surface area contributed by atoms with Crippen LogP contribution in [0.25, 0.3) is 0 Å². The number of hydrogen-bond acceptors (Lipinski definition) is 6. The zero-order valence-corrected chi connectivity index (χ0v) is 17.0. The molecule has 0 radical (unpaired) electrons. The molecule has 0 spiro atoms. The Labute approximate surface area is 169 Å². The van der Waals surface area contributed by atoms with Gasteiger partial charge >= 0.3 is 0 Å². The number of piperazine rings is 1. The SMILES string of the molecule is O=C1COc2ccc(S(=O)(=O)N3CCN(C(=O)c4ccc(Br)o4)CC3)cc2N1. The van der Waals surface area contributed by atoms with Crippen LogP contribution in [0.3, 0.4) is 0 Å². The summed E-state index contributed by atoms with van der Waals surface area (Å²) >= 11 is 3.16. The fraction of sp³-hybridized carbons (Fsp3) is 0.294. The molecule has 1 fully saturated rings. The Bertz CT molecular complexity index is 1040. The van der Waals surface area contributed by atoms with Crippen LogP contribution in [-0.2, 0) is 14.8 Å². The molecule has 2 aromatic rings. The van der Waals surface area contributed by atoms with E-state index in [1.807, 2.05) is 0 Å². The van der Waals surface area contributed by atoms with Crippen molar-refractivity contribution in [3.05, 3.63) is 40.8 Å². The second kappa shape index (κ2) is 7.22. The molecule has 0 unspecified atom stereocenters. The molecule has 0 saturated carbocycles. The molecule has 2 aliphatic rings. The summed E-state index contributed by atoms with van der Waals surface area (Å²) in [7, 11) is -3.77. The molecule has 1 saturated heterocycles. The largest absolute Gasteiger partial charge is 0.482 e. The first-order chi connectivity index (χ1) is 13.3. The van der Waals surface area contributed by atoms with Gasteiger partial charge in [0.05, 0.1) is 10.6 Å². The number of furan rings is 1. The fourth-order valence-corrected chi connectivity index (χ4v) is 4.84. The molecule has 28 heavy (non-hydrogen) atoms. The van der Waals surface area contributed by atoms with E-state index in [0.717, 1.165) is 0 Å². The van der Waals surface area contributed by atoms with E-state index >= 15 is 0 Å². The Morgan fingerprint density at radius 1 is 1.11 bits per heavy atom. The number of anilines is 1. The molecular weight excluding hydrogens is 454 g/mol. The second-order valence-corrected chi connectivity index (χ2v) is 9.01. The summed E-state index contributed by atoms with van der Waals surface area (Å²) in [5.41, 5.74) is 0.328. The summed E-state index contributed by atoms with van der Waals surface area (Å²) in [5.74, 6) is 0.0160. The molecule has 11 heteroatoms. The number of carbonyl (C=O) groups excluding carboxylic acids is 2. The number of rotatable bonds is 3. The number of sulfonamides is 1. The highest BCUT2D eigenvalue weighted by atomic mass is 79.9. The van der Waals surface area contributed by atoms with Crippen molar-refractivity contribution in [1.82, 2.24) is 9.21 Å². The maximum Gasteiger partial charge on any atom is 0.289 e. The summed E-state index contributed by atoms with van der Waals surface area (Å²) in [6, 6.07) is 7.56. The smallest absolute Gasteiger partial charge is 0.289 e. The number of halogens is 1. The number of fused-ring (bicyclic) bond motifs is 1. The first-order valence-electron chi connectivity index (χ1n) is 8.46. The van der Waals surface area contributed by atoms with Crippen LogP contribution in [0.5, 0.6) is 5.75 Å². The van der Waals surface area contributed by atoms with Crippen molar-refractivity contribution in [3.63, 3.8) is 0 Å². The predicted molar refractivity (Wildman–Crippen MR) is 102 cm³/mol. The van der Waals surface area contributed by atoms with Gasteiger partial charge in [-0.3, -0.25) is 9.59 Å². The lowest BCUT2D eigenvalue weighted by atomic mass is 10.2. The van der Waals surface area contributed by atoms with Crippen LogP contribution in [0.1, 0.15) is 10.6 Å². The normalized spacial score (nSPS) is 17.6. The number of nitrogens with zero attached hydrogens (tertiary/aromatic N) is 2. The molecule has 0 atom stereocenters. The van der Waals surface area contributed by atoms with Crippen molar-refractivity contribution in [2.75, 3.05) is 38.1 Å². The fourth-order valence-electron chi connectivity index (χ4n) is 3.09. The lowest BCUT2D eigenvalue weighted by Crippen LogP contribution is -2.50. The van der Waals surface area contributed by atoms with Gasteiger partial charge in [-0.1, -0.05) is 0 Å². The number of carbonyl (C=O) groups is 2. The summed E-state index contributed by atoms with van der Waals surface area (Å²) in [6.45, 7) is 0.732. The average Bonchev–Trinajstić information content (AvgIpc) is 3.13. The molecule has 2 amide bonds. The van der Waals surface area contributed by atoms with E-state index in [2.05, 4.69) is 21.2 Å². The van der Waals surface area contributed by atoms with Crippen LogP contribution < -0.4 is 10.1 Å². The van der Waals surface area contributed by atoms with E-state index in [-0.39, 0.29) is 55.3 Å². The Morgan fingerprint density at radius 2 is 1.86 bits per heavy atom. The van der Waals surface area contributed by atoms with Gasteiger partial charge in [-0.05, 0) is 46.3 Å². The van der Waals surface area contributed by atoms with E-state index in [1.54, 1.807) is 17.0 Å². The Hall–Kier alpha value is -2.37. The maximum atomic E-state index is 12.9. The quantitative estimate of drug-likeness (QED) is 0.729. The van der Waals surface area contributed by atoms with E-state index in [0.29, 0.717) is 16.1 Å². The zero-order chi connectivity index (χ0) is 19.9. The first kappa shape index (κ1) is 19.0. The van der Waals surface area contributed by atoms with Crippen LogP contribution in [0.4, 0.5) is 5.69 Å². The molecule has 4 rings (SSSR count). The molecular formula is C17H16BrN3O6S. The molecule has 9 nitrogen and oxygen atoms in total. The third-order valence-electron chi connectivity index (χ3n) is 4.53. The van der Waals surface area contributed by atoms with E-state index in [1.165, 1.54) is 22.5 Å². The second-order valence-electron chi connectivity index (χ2n) is 6.29. The highest BCUT2D eigenvalue weighted by Crippen LogP contribution is 2.31. The van der Waals surface area contributed by atoms with Crippen molar-refractivity contribution in [3.8, 4) is 5.75 Å². The summed E-state index contributed by atoms with van der Waals surface area (Å²) in [5, 5.41) is 2.60. The number of ether oxygens (including phenoxy) is 1. The average molecular weight is 470 g/mol. The summed E-state index contributed by atoms with van der Waals surface area (Å²) in [6.07, 6.45) is 0. The van der Waals surface area contributed by atoms with Crippen molar-refractivity contribution >= 4 is 43.5 Å². The number of amides is 2. The van der Waals surface area contributed by atoms with Crippen molar-refractivity contribution in [2.45, 2.75) is 4.90 Å². The summed E-state index contributed by atoms with van der Waals surface area (Å²) < 4.78 is 38.2. The maximum absolute atomic E-state index is 12.9. The Balaban J connectivity index is 1.47. The van der Waals surface area contributed by atoms with Crippen LogP contribution >= 0.6 is 15.9 Å². The molecule has 0 bridgehead atoms. The lowest BCUT2D eigenvalue weighted by Gasteiger charge is -2.33. The first-order valence-corrected chi connectivity index (χ1v) is 10.7. The van der Waals surface area contributed by atoms with E-state index < -0.39 is 10.0 Å². The standard InChI is InChI=1S/C17H16BrN3O6S/c18-15-4-3-14(27-15)17(23)20-5-7-21(8-6-20)28(24,25)11-1-2-13-12(9-11)19-16(22)10-26-13/h1-4,9H,5-8,10H2,(H,19,22). The molecule has 148 valence electrons. The molecule has 1 aromatic carbocycles. The van der Waals surface area contributed by atoms with Crippen LogP contribution in [0.2, 0.25) is 0 Å². The van der Waals surface area contributed by atoms with Gasteiger partial charge in [0.25, 0.3) is 11.8 Å². The van der Waals surface area contributed by atoms with Gasteiger partial charge in [-0.15, -0.1) is 0 Å². The third-order valence-corrected chi connectivity index (χ3v) is 6.85. The number of nitrogens with one attached hydrogen (secondary N) is 1. The van der Waals surface area contributed by atoms with Crippen LogP contribution in [-0.4, -0.2) is 62.2 Å². The third kappa shape index (κ3) is 3.52. The van der Waals surface area contributed by atoms with E-state index in [4.69, 9.17) is 9.15 Å². The van der Waals surface area contributed by atoms with Gasteiger partial charge in [0.15, 0.2) is 17.0 Å². The number of benzene rings is 1. The van der Waals surface area contributed by atoms with Crippen LogP contribution in [0.15, 0.2) is 44.3 Å². The zero-order valence-electron chi connectivity index (χ0n) is 14.6. The van der Waals surface area contributed by atoms with Gasteiger partial charge < -0.3 is 19.4 Å². The van der Waals surface area contributed by atoms with Crippen molar-refractivity contribution in [1.29, 1.82) is 0 Å². The van der Waals surface area contributed by atoms with Crippen LogP contribution in [0, 0.1) is 0 Å². The lowest BCUT2D eigenvalue weighted by molar-refractivity contribution is -0.118. The molecule has 3 heterocycles.